The fourth-order valence-electron chi connectivity index (χ4n) is 3.69. The molecule has 0 saturated heterocycles. The predicted octanol–water partition coefficient (Wildman–Crippen LogP) is 3.30. The molecule has 0 bridgehead atoms. The van der Waals surface area contributed by atoms with Crippen LogP contribution in [0, 0.1) is 6.92 Å². The van der Waals surface area contributed by atoms with E-state index in [4.69, 9.17) is 9.47 Å². The van der Waals surface area contributed by atoms with E-state index in [1.165, 1.54) is 0 Å². The van der Waals surface area contributed by atoms with Crippen molar-refractivity contribution in [3.63, 3.8) is 0 Å². The number of hydrogen-bond acceptors (Lipinski definition) is 4. The first-order valence-corrected chi connectivity index (χ1v) is 8.48. The first-order chi connectivity index (χ1) is 12.5. The van der Waals surface area contributed by atoms with Crippen molar-refractivity contribution in [2.75, 3.05) is 7.11 Å². The third-order valence-corrected chi connectivity index (χ3v) is 5.13. The Morgan fingerprint density at radius 2 is 1.85 bits per heavy atom. The number of hydrogen-bond donors (Lipinski definition) is 0. The Morgan fingerprint density at radius 1 is 1.12 bits per heavy atom. The highest BCUT2D eigenvalue weighted by Gasteiger charge is 2.33. The van der Waals surface area contributed by atoms with Gasteiger partial charge < -0.3 is 14.0 Å². The van der Waals surface area contributed by atoms with Gasteiger partial charge in [0.1, 0.15) is 11.5 Å². The zero-order chi connectivity index (χ0) is 18.4. The number of benzene rings is 2. The second-order valence-corrected chi connectivity index (χ2v) is 6.56. The van der Waals surface area contributed by atoms with Gasteiger partial charge in [0.15, 0.2) is 0 Å². The fourth-order valence-corrected chi connectivity index (χ4v) is 3.69. The number of fused-ring (bicyclic) bond motifs is 2. The fraction of sp³-hybridized carbons (Fsp3) is 0.238. The maximum absolute atomic E-state index is 12.9. The number of rotatable bonds is 2. The molecule has 0 aliphatic carbocycles. The van der Waals surface area contributed by atoms with Crippen molar-refractivity contribution in [3.8, 4) is 11.5 Å². The van der Waals surface area contributed by atoms with Crippen LogP contribution in [0.3, 0.4) is 0 Å². The van der Waals surface area contributed by atoms with Crippen molar-refractivity contribution >= 4 is 16.7 Å². The molecule has 0 N–H and O–H groups in total. The van der Waals surface area contributed by atoms with Crippen LogP contribution in [-0.4, -0.2) is 17.6 Å². The van der Waals surface area contributed by atoms with Gasteiger partial charge >= 0.3 is 5.97 Å². The van der Waals surface area contributed by atoms with E-state index in [0.717, 1.165) is 27.8 Å². The molecule has 0 radical (unpaired) electrons. The minimum Gasteiger partial charge on any atom is -0.496 e. The molecule has 26 heavy (non-hydrogen) atoms. The van der Waals surface area contributed by atoms with E-state index >= 15 is 0 Å². The van der Waals surface area contributed by atoms with Crippen molar-refractivity contribution in [1.82, 2.24) is 4.57 Å². The Morgan fingerprint density at radius 3 is 2.58 bits per heavy atom. The Labute approximate surface area is 150 Å². The maximum Gasteiger partial charge on any atom is 0.312 e. The Bertz CT molecular complexity index is 1100. The number of nitrogens with zero attached hydrogens (tertiary/aromatic N) is 1. The van der Waals surface area contributed by atoms with Gasteiger partial charge in [-0.1, -0.05) is 30.3 Å². The van der Waals surface area contributed by atoms with Crippen LogP contribution in [0.2, 0.25) is 0 Å². The summed E-state index contributed by atoms with van der Waals surface area (Å²) in [4.78, 5) is 25.2. The summed E-state index contributed by atoms with van der Waals surface area (Å²) in [5.41, 5.74) is 2.09. The first-order valence-electron chi connectivity index (χ1n) is 8.48. The molecule has 0 spiro atoms. The summed E-state index contributed by atoms with van der Waals surface area (Å²) in [6.07, 6.45) is 0.141. The molecule has 0 amide bonds. The van der Waals surface area contributed by atoms with Gasteiger partial charge in [-0.05, 0) is 23.9 Å². The molecule has 0 unspecified atom stereocenters. The van der Waals surface area contributed by atoms with Crippen LogP contribution in [0.25, 0.3) is 10.8 Å². The van der Waals surface area contributed by atoms with Crippen molar-refractivity contribution in [3.05, 3.63) is 69.6 Å². The molecule has 1 aliphatic heterocycles. The number of aromatic nitrogens is 1. The quantitative estimate of drug-likeness (QED) is 0.666. The number of esters is 1. The average Bonchev–Trinajstić information content (AvgIpc) is 2.64. The molecule has 0 saturated carbocycles. The van der Waals surface area contributed by atoms with Gasteiger partial charge in [0, 0.05) is 30.1 Å². The van der Waals surface area contributed by atoms with Crippen LogP contribution < -0.4 is 15.0 Å². The van der Waals surface area contributed by atoms with Gasteiger partial charge in [-0.2, -0.15) is 0 Å². The van der Waals surface area contributed by atoms with Gasteiger partial charge in [-0.15, -0.1) is 0 Å². The molecular weight excluding hydrogens is 330 g/mol. The van der Waals surface area contributed by atoms with Crippen LogP contribution >= 0.6 is 0 Å². The third kappa shape index (κ3) is 2.39. The molecule has 3 aromatic rings. The molecule has 5 nitrogen and oxygen atoms in total. The molecule has 132 valence electrons. The summed E-state index contributed by atoms with van der Waals surface area (Å²) in [7, 11) is 3.37. The molecule has 5 heteroatoms. The summed E-state index contributed by atoms with van der Waals surface area (Å²) in [5, 5.41) is 1.93. The van der Waals surface area contributed by atoms with Crippen molar-refractivity contribution in [2.45, 2.75) is 19.3 Å². The van der Waals surface area contributed by atoms with Crippen molar-refractivity contribution in [1.29, 1.82) is 0 Å². The molecule has 0 fully saturated rings. The summed E-state index contributed by atoms with van der Waals surface area (Å²) in [6.45, 7) is 1.82. The van der Waals surface area contributed by atoms with Crippen molar-refractivity contribution in [2.24, 2.45) is 7.05 Å². The van der Waals surface area contributed by atoms with Crippen LogP contribution in [0.15, 0.2) is 47.3 Å². The van der Waals surface area contributed by atoms with E-state index in [1.54, 1.807) is 24.8 Å². The van der Waals surface area contributed by atoms with Crippen LogP contribution in [0.4, 0.5) is 0 Å². The zero-order valence-electron chi connectivity index (χ0n) is 14.9. The number of ether oxygens (including phenoxy) is 2. The minimum absolute atomic E-state index is 0.127. The number of carbonyl (C=O) groups excluding carboxylic acids is 1. The predicted molar refractivity (Wildman–Crippen MR) is 99.0 cm³/mol. The monoisotopic (exact) mass is 349 g/mol. The topological polar surface area (TPSA) is 57.5 Å². The second kappa shape index (κ2) is 6.02. The van der Waals surface area contributed by atoms with Gasteiger partial charge in [0.05, 0.1) is 19.1 Å². The lowest BCUT2D eigenvalue weighted by molar-refractivity contribution is -0.135. The van der Waals surface area contributed by atoms with E-state index in [2.05, 4.69) is 0 Å². The van der Waals surface area contributed by atoms with Gasteiger partial charge in [-0.3, -0.25) is 9.59 Å². The standard InChI is InChI=1S/C21H19NO4/c1-12-10-18-20(21(24)22(12)2)16(11-19(23)26-18)14-8-9-17(25-3)15-7-5-4-6-13(14)15/h4-10,16H,11H2,1-3H3/t16-/m1/s1. The third-order valence-electron chi connectivity index (χ3n) is 5.13. The smallest absolute Gasteiger partial charge is 0.312 e. The molecule has 1 aliphatic rings. The molecule has 2 aromatic carbocycles. The molecule has 2 heterocycles. The minimum atomic E-state index is -0.346. The van der Waals surface area contributed by atoms with E-state index in [0.29, 0.717) is 11.3 Å². The van der Waals surface area contributed by atoms with Gasteiger partial charge in [0.2, 0.25) is 0 Å². The Hall–Kier alpha value is -3.08. The van der Waals surface area contributed by atoms with Crippen LogP contribution in [-0.2, 0) is 11.8 Å². The summed E-state index contributed by atoms with van der Waals surface area (Å²) < 4.78 is 12.4. The molecular formula is C21H19NO4. The summed E-state index contributed by atoms with van der Waals surface area (Å²) in [5.74, 6) is 0.461. The number of pyridine rings is 1. The van der Waals surface area contributed by atoms with Gasteiger partial charge in [0.25, 0.3) is 5.56 Å². The lowest BCUT2D eigenvalue weighted by atomic mass is 9.84. The largest absolute Gasteiger partial charge is 0.496 e. The van der Waals surface area contributed by atoms with Crippen LogP contribution in [0.5, 0.6) is 11.5 Å². The molecule has 1 aromatic heterocycles. The molecule has 1 atom stereocenters. The lowest BCUT2D eigenvalue weighted by Crippen LogP contribution is -2.32. The number of aryl methyl sites for hydroxylation is 1. The first kappa shape index (κ1) is 16.4. The van der Waals surface area contributed by atoms with E-state index < -0.39 is 0 Å². The lowest BCUT2D eigenvalue weighted by Gasteiger charge is -2.26. The number of methoxy groups -OCH3 is 1. The van der Waals surface area contributed by atoms with E-state index in [-0.39, 0.29) is 23.9 Å². The normalized spacial score (nSPS) is 16.3. The van der Waals surface area contributed by atoms with Crippen molar-refractivity contribution < 1.29 is 14.3 Å². The summed E-state index contributed by atoms with van der Waals surface area (Å²) in [6, 6.07) is 13.4. The Balaban J connectivity index is 2.02. The van der Waals surface area contributed by atoms with Gasteiger partial charge in [-0.25, -0.2) is 0 Å². The zero-order valence-corrected chi connectivity index (χ0v) is 14.9. The highest BCUT2D eigenvalue weighted by atomic mass is 16.5. The highest BCUT2D eigenvalue weighted by Crippen LogP contribution is 2.41. The molecule has 4 rings (SSSR count). The Kier molecular flexibility index (Phi) is 3.80. The van der Waals surface area contributed by atoms with E-state index in [1.807, 2.05) is 43.3 Å². The average molecular weight is 349 g/mol. The highest BCUT2D eigenvalue weighted by molar-refractivity contribution is 5.92. The SMILES string of the molecule is COc1ccc([C@H]2CC(=O)Oc3cc(C)n(C)c(=O)c32)c2ccccc12. The maximum atomic E-state index is 12.9. The second-order valence-electron chi connectivity index (χ2n) is 6.56. The van der Waals surface area contributed by atoms with Crippen LogP contribution in [0.1, 0.15) is 29.2 Å². The summed E-state index contributed by atoms with van der Waals surface area (Å²) >= 11 is 0. The van der Waals surface area contributed by atoms with E-state index in [9.17, 15) is 9.59 Å². The number of carbonyl (C=O) groups is 1.